The molecule has 0 aliphatic heterocycles. The number of hydrogen-bond acceptors (Lipinski definition) is 10. The number of halogens is 8. The third-order valence-electron chi connectivity index (χ3n) is 13.2. The van der Waals surface area contributed by atoms with Crippen LogP contribution in [0.4, 0.5) is 35.1 Å². The number of carbonyl (C=O) groups is 2. The molecule has 10 rings (SSSR count). The summed E-state index contributed by atoms with van der Waals surface area (Å²) < 4.78 is 470. The molecule has 0 atom stereocenters. The van der Waals surface area contributed by atoms with E-state index in [-0.39, 0.29) is 63.9 Å². The predicted molar refractivity (Wildman–Crippen MR) is 358 cm³/mol. The lowest BCUT2D eigenvalue weighted by Crippen LogP contribution is -2.40. The maximum Gasteiger partial charge on any atom is 0.416 e. The normalized spacial score (nSPS) is 22.5. The first kappa shape index (κ1) is 34.8. The quantitative estimate of drug-likeness (QED) is 0.0295. The van der Waals surface area contributed by atoms with Crippen molar-refractivity contribution in [1.29, 1.82) is 0 Å². The number of nitrogens with zero attached hydrogens (tertiary/aromatic N) is 8. The number of amides is 2. The van der Waals surface area contributed by atoms with Gasteiger partial charge in [-0.2, -0.15) is 36.3 Å². The fraction of sp³-hybridized carbons (Fsp3) is 0.370. The minimum atomic E-state index is -5.34. The van der Waals surface area contributed by atoms with E-state index in [0.717, 1.165) is 60.7 Å². The Morgan fingerprint density at radius 2 is 1.07 bits per heavy atom. The molecule has 2 amide bonds. The van der Waals surface area contributed by atoms with E-state index >= 15 is 9.59 Å². The highest BCUT2D eigenvalue weighted by Gasteiger charge is 2.33. The molecular formula is C73H78F8N8O4S2. The number of aromatic nitrogens is 4. The van der Waals surface area contributed by atoms with E-state index in [4.69, 9.17) is 42.5 Å². The second-order valence-corrected chi connectivity index (χ2v) is 20.9. The largest absolute Gasteiger partial charge is 0.416 e. The monoisotopic (exact) mass is 1390 g/mol. The zero-order valence-corrected chi connectivity index (χ0v) is 51.6. The van der Waals surface area contributed by atoms with Crippen LogP contribution in [0.1, 0.15) is 158 Å². The molecule has 0 radical (unpaired) electrons. The summed E-state index contributed by atoms with van der Waals surface area (Å²) in [6, 6.07) is -4.58. The van der Waals surface area contributed by atoms with E-state index in [1.54, 1.807) is 0 Å². The van der Waals surface area contributed by atoms with Gasteiger partial charge in [0.1, 0.15) is 24.6 Å². The van der Waals surface area contributed by atoms with Crippen LogP contribution < -0.4 is 11.1 Å². The van der Waals surface area contributed by atoms with Crippen LogP contribution in [-0.4, -0.2) is 103 Å². The molecule has 0 N–H and O–H groups in total. The van der Waals surface area contributed by atoms with Gasteiger partial charge in [0.2, 0.25) is 11.8 Å². The average molecular weight is 1390 g/mol. The summed E-state index contributed by atoms with van der Waals surface area (Å²) in [6.07, 6.45) is -21.9. The Bertz CT molecular complexity index is 6100. The lowest BCUT2D eigenvalue weighted by atomic mass is 9.98. The molecule has 0 saturated heterocycles. The Labute approximate surface area is 615 Å². The van der Waals surface area contributed by atoms with E-state index in [2.05, 4.69) is 9.97 Å². The van der Waals surface area contributed by atoms with Crippen LogP contribution in [0, 0.1) is 18.6 Å². The van der Waals surface area contributed by atoms with Crippen molar-refractivity contribution in [2.45, 2.75) is 133 Å². The van der Waals surface area contributed by atoms with Gasteiger partial charge in [-0.25, -0.2) is 8.78 Å². The standard InChI is InChI=1S/C37H40F4N4O2S.C36H38F4N4O2S/c1-4-43(5-2)19-20-44(22-26-9-13-28(14-10-26)29-15-18-32(25(3)21-29)37(39,40)41)34(46)23-45-33-8-6-7-31(33)35(47)42-36(45)48-24-27-11-16-30(38)17-12-27;1-3-42(4-2)20-21-43(22-25-8-12-27(13-9-25)28-14-16-29(17-15-28)36(38,39)40)33(45)23-44-32-7-5-6-31(32)34(46)41-35(44)47-24-26-10-18-30(37)19-11-26/h9-18,21H,4-8,19-20,22-24H2,1-3H3;8-19H,3-7,20-24H2,1-2H3/i6D2,7D2,8D2,9D,10D,11D,12D,13D,14D,15D,16D,17D,18D,19D2,20D2,21D,22D2,23D2,24D2;3D2,4D2,20D2,21D2,22D2,23D2,24D2. The van der Waals surface area contributed by atoms with Gasteiger partial charge in [-0.05, 0) is 164 Å². The van der Waals surface area contributed by atoms with Crippen LogP contribution in [0.25, 0.3) is 22.3 Å². The van der Waals surface area contributed by atoms with Gasteiger partial charge in [-0.1, -0.05) is 148 Å². The first-order chi connectivity index (χ1) is 61.3. The summed E-state index contributed by atoms with van der Waals surface area (Å²) in [5.41, 5.74) is -22.9. The molecule has 2 heterocycles. The summed E-state index contributed by atoms with van der Waals surface area (Å²) in [5.74, 6) is -7.58. The van der Waals surface area contributed by atoms with Gasteiger partial charge in [-0.15, -0.1) is 0 Å². The minimum absolute atomic E-state index is 0.0204. The molecule has 2 aliphatic rings. The van der Waals surface area contributed by atoms with Crippen LogP contribution in [0.3, 0.4) is 0 Å². The third-order valence-corrected chi connectivity index (χ3v) is 14.7. The minimum Gasteiger partial charge on any atom is -0.336 e. The maximum absolute atomic E-state index is 15.5. The molecule has 0 fully saturated rings. The smallest absolute Gasteiger partial charge is 0.336 e. The van der Waals surface area contributed by atoms with Crippen molar-refractivity contribution in [3.8, 4) is 22.3 Å². The highest BCUT2D eigenvalue weighted by Crippen LogP contribution is 2.36. The van der Waals surface area contributed by atoms with Crippen molar-refractivity contribution < 1.29 is 101 Å². The Kier molecular flexibility index (Phi) is 12.0. The number of alkyl halides is 6. The third kappa shape index (κ3) is 19.0. The van der Waals surface area contributed by atoms with Gasteiger partial charge in [-0.3, -0.25) is 19.2 Å². The summed E-state index contributed by atoms with van der Waals surface area (Å²) in [4.78, 5) is 63.8. The van der Waals surface area contributed by atoms with Crippen molar-refractivity contribution in [1.82, 2.24) is 38.7 Å². The number of likely N-dealkylation sites (N-methyl/N-ethyl adjacent to an activating group) is 2. The van der Waals surface area contributed by atoms with Crippen molar-refractivity contribution >= 4 is 35.3 Å². The van der Waals surface area contributed by atoms with E-state index in [1.807, 2.05) is 0 Å². The lowest BCUT2D eigenvalue weighted by Gasteiger charge is -2.28. The number of thioether (sulfide) groups is 2. The van der Waals surface area contributed by atoms with Crippen molar-refractivity contribution in [2.24, 2.45) is 0 Å². The molecule has 8 aromatic rings. The average Bonchev–Trinajstić information content (AvgIpc) is 1.45. The molecule has 0 unspecified atom stereocenters. The van der Waals surface area contributed by atoms with E-state index in [1.165, 1.54) is 26.0 Å². The van der Waals surface area contributed by atoms with E-state index in [0.29, 0.717) is 30.2 Å². The molecule has 0 bridgehead atoms. The summed E-state index contributed by atoms with van der Waals surface area (Å²) in [6.45, 7) is -36.0. The van der Waals surface area contributed by atoms with Gasteiger partial charge < -0.3 is 28.7 Å². The second-order valence-electron chi connectivity index (χ2n) is 19.3. The summed E-state index contributed by atoms with van der Waals surface area (Å²) >= 11 is -0.575. The lowest BCUT2D eigenvalue weighted by molar-refractivity contribution is -0.138. The fourth-order valence-electron chi connectivity index (χ4n) is 8.44. The maximum atomic E-state index is 15.5. The SMILES string of the molecule is [2H]C([2H])(Sc1nc(=O)c2c(n1C([2H])([2H])C(=O)N(C([2H])([2H])c1ccc(-c3ccc(C(F)(F)F)cc3)cc1)C([2H])([2H])C([2H])([2H])N(C([2H])([2H])C)C([2H])([2H])C)CCC2)c1ccc(F)cc1.[2H]c1c([2H])c(C([2H])([2H])Sc2nc(=O)c3c(n2C([2H])([2H])C(=O)N(C([2H])([2H])c2c([2H])c([2H])c(-c4c([2H])c([2H])c(C(F)(F)F)c(C)c4[2H])c([2H])c2[2H])C([2H])([2H])C([2H])([2H])N(CC)CC)C([2H])([2H])C([2H])([2H])C3([2H])[2H])c([2H])c([2H])c1F. The highest BCUT2D eigenvalue weighted by molar-refractivity contribution is 7.98. The Morgan fingerprint density at radius 1 is 0.558 bits per heavy atom. The summed E-state index contributed by atoms with van der Waals surface area (Å²) in [7, 11) is 0. The van der Waals surface area contributed by atoms with Gasteiger partial charge in [0, 0.05) is 97.6 Å². The van der Waals surface area contributed by atoms with Crippen molar-refractivity contribution in [3.63, 3.8) is 0 Å². The summed E-state index contributed by atoms with van der Waals surface area (Å²) in [5, 5.41) is -2.51. The van der Waals surface area contributed by atoms with Crippen LogP contribution in [0.5, 0.6) is 0 Å². The number of fused-ring (bicyclic) bond motifs is 2. The van der Waals surface area contributed by atoms with Crippen LogP contribution >= 0.6 is 23.5 Å². The van der Waals surface area contributed by atoms with Crippen LogP contribution in [0.15, 0.2) is 159 Å². The Morgan fingerprint density at radius 3 is 1.64 bits per heavy atom. The van der Waals surface area contributed by atoms with Gasteiger partial charge in [0.25, 0.3) is 11.1 Å². The Balaban J connectivity index is 0.000000311. The zero-order chi connectivity index (χ0) is 104. The second kappa shape index (κ2) is 32.7. The number of benzene rings is 6. The molecule has 2 aromatic heterocycles. The molecule has 6 aromatic carbocycles. The fourth-order valence-corrected chi connectivity index (χ4v) is 9.81. The van der Waals surface area contributed by atoms with Crippen LogP contribution in [-0.2, 0) is 84.9 Å². The van der Waals surface area contributed by atoms with Gasteiger partial charge >= 0.3 is 12.4 Å². The van der Waals surface area contributed by atoms with Crippen LogP contribution in [0.2, 0.25) is 0 Å². The topological polar surface area (TPSA) is 117 Å². The van der Waals surface area contributed by atoms with Crippen molar-refractivity contribution in [2.75, 3.05) is 52.1 Å². The molecule has 0 spiro atoms. The van der Waals surface area contributed by atoms with Gasteiger partial charge in [0.15, 0.2) is 10.3 Å². The first-order valence-electron chi connectivity index (χ1n) is 48.3. The Hall–Kier alpha value is -7.92. The molecule has 0 saturated carbocycles. The number of rotatable bonds is 26. The zero-order valence-electron chi connectivity index (χ0n) is 91.0. The molecule has 95 heavy (non-hydrogen) atoms. The molecule has 502 valence electrons. The predicted octanol–water partition coefficient (Wildman–Crippen LogP) is 14.7. The number of carbonyl (C=O) groups excluding carboxylic acids is 2. The highest BCUT2D eigenvalue weighted by atomic mass is 32.2. The van der Waals surface area contributed by atoms with Gasteiger partial charge in [0.05, 0.1) is 42.7 Å². The van der Waals surface area contributed by atoms with E-state index < -0.39 is 314 Å². The molecule has 2 aliphatic carbocycles. The molecule has 12 nitrogen and oxygen atoms in total. The number of hydrogen-bond donors (Lipinski definition) is 0. The van der Waals surface area contributed by atoms with E-state index in [9.17, 15) is 58.4 Å². The molecular weight excluding hydrogens is 1270 g/mol. The van der Waals surface area contributed by atoms with Crippen molar-refractivity contribution in [3.05, 3.63) is 233 Å². The molecule has 22 heteroatoms. The first-order valence-corrected chi connectivity index (χ1v) is 29.5.